The zero-order valence-electron chi connectivity index (χ0n) is 81.5. The molecule has 0 aliphatic carbocycles. The van der Waals surface area contributed by atoms with E-state index >= 15 is 0 Å². The van der Waals surface area contributed by atoms with Crippen LogP contribution < -0.4 is 50.8 Å². The summed E-state index contributed by atoms with van der Waals surface area (Å²) < 4.78 is 37.2. The molecule has 0 bridgehead atoms. The van der Waals surface area contributed by atoms with Gasteiger partial charge < -0.3 is 79.6 Å². The van der Waals surface area contributed by atoms with Gasteiger partial charge in [-0.15, -0.1) is 11.3 Å². The first-order valence-corrected chi connectivity index (χ1v) is 50.4. The Hall–Kier alpha value is -13.6. The van der Waals surface area contributed by atoms with Crippen LogP contribution in [0.3, 0.4) is 0 Å². The lowest BCUT2D eigenvalue weighted by Gasteiger charge is -2.31. The quantitative estimate of drug-likeness (QED) is 0.0201. The molecule has 738 valence electrons. The van der Waals surface area contributed by atoms with Gasteiger partial charge in [0.25, 0.3) is 29.5 Å². The second kappa shape index (κ2) is 47.1. The van der Waals surface area contributed by atoms with Crippen molar-refractivity contribution in [2.45, 2.75) is 208 Å². The van der Waals surface area contributed by atoms with Crippen LogP contribution in [0.15, 0.2) is 223 Å². The highest BCUT2D eigenvalue weighted by molar-refractivity contribution is 7.19. The number of piperidine rings is 4. The molecule has 9 amide bonds. The Morgan fingerprint density at radius 2 is 0.837 bits per heavy atom. The van der Waals surface area contributed by atoms with E-state index in [1.165, 1.54) is 52.5 Å². The van der Waals surface area contributed by atoms with E-state index in [-0.39, 0.29) is 59.8 Å². The van der Waals surface area contributed by atoms with Crippen molar-refractivity contribution in [3.63, 3.8) is 0 Å². The standard InChI is InChI=1S/C28H32N4O5.C28H31N3O4.C28H31N3O3S.C28H35N3O3/c1-19-5-10-24(27(34)30-19)32-17-23-22(28(32)35)3-2-4-25(23)37-18-20-6-8-21(9-7-20)26(33)29-11-12-31-13-15-36-16-14-31;1-4-30(5-2)15-19-10-12-25-20(13-19)14-21(35-25)17-34-26-8-6-7-22-23(26)16-31(28(22)33)24-11-9-18(3)29-27(24)32;1-4-30(5-2)15-19-10-11-20-14-21(35-26(20)13-19)17-34-25-8-6-7-22-23(25)16-31(28(22)33)24-12-9-18(3)29-27(24)32;1-3-4-5-6-16-29-17-21-11-13-22(14-12-21)19-34-26-9-7-8-23-24(26)18-31(28(23)33)25-15-10-20(2)30-27(25)32/h2-4,6-9,24H,1,5,10-18H2,(H,29,33)(H,30,34);6-8,10,12-14,24H,3-5,9,11,15-17H2,1-2H3,(H,29,32);6-8,10-11,13-14,24H,3-5,9,12,15-17H2,1-2H3,(H,29,32);7-9,11-14,25,29H,2-6,10,15-19H2,1H3,(H,30,32). The number of nitrogens with zero attached hydrogens (tertiary/aromatic N) is 7. The Balaban J connectivity index is 0.000000135. The Labute approximate surface area is 828 Å². The number of furan rings is 1. The molecule has 5 fully saturated rings. The fraction of sp³-hybridized carbons (Fsp3) is 0.384. The molecule has 5 saturated heterocycles. The smallest absolute Gasteiger partial charge is 0.255 e. The summed E-state index contributed by atoms with van der Waals surface area (Å²) in [5, 5.41) is 19.9. The van der Waals surface area contributed by atoms with Crippen molar-refractivity contribution < 1.29 is 71.3 Å². The SMILES string of the molecule is C=C1CCC(N2Cc3c(OCc4cc5cc(CN(CC)CC)ccc5o4)cccc3C2=O)C(=O)N1.C=C1CCC(N2Cc3c(OCc4cc5ccc(CN(CC)CC)cc5s4)cccc3C2=O)C(=O)N1.C=C1CCC(N2Cc3c(OCc4ccc(C(=O)NCCN5CCOCC5)cc4)cccc3C2=O)C(=O)N1.C=C1CCC(N2Cc3c(OCc4ccc(CNCCCCCC)cc4)cccc3C2=O)C(=O)N1. The lowest BCUT2D eigenvalue weighted by atomic mass is 10.0. The number of nitrogens with one attached hydrogen (secondary N) is 6. The molecule has 0 spiro atoms. The molecule has 29 heteroatoms. The van der Waals surface area contributed by atoms with Crippen molar-refractivity contribution in [1.29, 1.82) is 0 Å². The maximum absolute atomic E-state index is 13.1. The number of thiophene rings is 1. The number of carbonyl (C=O) groups excluding carboxylic acids is 9. The predicted molar refractivity (Wildman–Crippen MR) is 543 cm³/mol. The van der Waals surface area contributed by atoms with Crippen LogP contribution in [-0.4, -0.2) is 184 Å². The van der Waals surface area contributed by atoms with E-state index in [9.17, 15) is 43.2 Å². The molecule has 141 heavy (non-hydrogen) atoms. The Morgan fingerprint density at radius 1 is 0.433 bits per heavy atom. The van der Waals surface area contributed by atoms with Gasteiger partial charge in [-0.05, 0) is 215 Å². The molecule has 28 nitrogen and oxygen atoms in total. The Morgan fingerprint density at radius 3 is 1.27 bits per heavy atom. The third-order valence-corrected chi connectivity index (χ3v) is 28.7. The summed E-state index contributed by atoms with van der Waals surface area (Å²) in [5.74, 6) is 2.11. The molecule has 0 saturated carbocycles. The third kappa shape index (κ3) is 24.5. The fourth-order valence-electron chi connectivity index (χ4n) is 19.4. The van der Waals surface area contributed by atoms with Crippen LogP contribution in [-0.2, 0) is 96.2 Å². The lowest BCUT2D eigenvalue weighted by Crippen LogP contribution is -2.49. The largest absolute Gasteiger partial charge is 0.489 e. The average molecular weight is 1930 g/mol. The van der Waals surface area contributed by atoms with Crippen molar-refractivity contribution in [1.82, 2.24) is 66.2 Å². The van der Waals surface area contributed by atoms with Crippen molar-refractivity contribution in [3.8, 4) is 23.0 Å². The topological polar surface area (TPSA) is 308 Å². The van der Waals surface area contributed by atoms with Crippen molar-refractivity contribution in [2.24, 2.45) is 0 Å². The van der Waals surface area contributed by atoms with Crippen LogP contribution >= 0.6 is 11.3 Å². The average Bonchev–Trinajstić information content (AvgIpc) is 1.63. The molecule has 9 aliphatic rings. The van der Waals surface area contributed by atoms with Gasteiger partial charge in [0.15, 0.2) is 0 Å². The summed E-state index contributed by atoms with van der Waals surface area (Å²) in [4.78, 5) is 129. The molecule has 9 aliphatic heterocycles. The summed E-state index contributed by atoms with van der Waals surface area (Å²) in [6, 6.07) is 53.0. The summed E-state index contributed by atoms with van der Waals surface area (Å²) in [6.45, 7) is 41.7. The molecule has 2 aromatic heterocycles. The normalized spacial score (nSPS) is 18.3. The number of fused-ring (bicyclic) bond motifs is 6. The third-order valence-electron chi connectivity index (χ3n) is 27.6. The zero-order chi connectivity index (χ0) is 98.7. The van der Waals surface area contributed by atoms with Crippen molar-refractivity contribution in [2.75, 3.05) is 72.1 Å². The van der Waals surface area contributed by atoms with E-state index in [0.717, 1.165) is 140 Å². The highest BCUT2D eigenvalue weighted by Gasteiger charge is 2.44. The Bertz CT molecular complexity index is 6110. The Kier molecular flexibility index (Phi) is 33.6. The van der Waals surface area contributed by atoms with Crippen LogP contribution in [0, 0.1) is 0 Å². The number of unbranched alkanes of at least 4 members (excludes halogenated alkanes) is 3. The number of morpholine rings is 1. The van der Waals surface area contributed by atoms with Gasteiger partial charge in [0.1, 0.15) is 84.9 Å². The number of hydrogen-bond acceptors (Lipinski definition) is 20. The second-order valence-electron chi connectivity index (χ2n) is 37.2. The minimum absolute atomic E-state index is 0.101. The summed E-state index contributed by atoms with van der Waals surface area (Å²) in [7, 11) is 0. The molecule has 19 rings (SSSR count). The highest BCUT2D eigenvalue weighted by Crippen LogP contribution is 2.41. The maximum atomic E-state index is 13.1. The highest BCUT2D eigenvalue weighted by atomic mass is 32.1. The van der Waals surface area contributed by atoms with Crippen LogP contribution in [0.1, 0.15) is 224 Å². The second-order valence-corrected chi connectivity index (χ2v) is 38.3. The molecule has 4 atom stereocenters. The number of carbonyl (C=O) groups is 9. The number of ether oxygens (including phenoxy) is 5. The van der Waals surface area contributed by atoms with Crippen LogP contribution in [0.2, 0.25) is 0 Å². The molecule has 11 heterocycles. The maximum Gasteiger partial charge on any atom is 0.255 e. The van der Waals surface area contributed by atoms with Gasteiger partial charge in [0.05, 0.1) is 39.4 Å². The summed E-state index contributed by atoms with van der Waals surface area (Å²) in [6.07, 6.45) is 10.1. The van der Waals surface area contributed by atoms with Gasteiger partial charge in [-0.3, -0.25) is 57.9 Å². The minimum Gasteiger partial charge on any atom is -0.489 e. The van der Waals surface area contributed by atoms with Crippen molar-refractivity contribution in [3.05, 3.63) is 307 Å². The minimum atomic E-state index is -0.509. The van der Waals surface area contributed by atoms with Gasteiger partial charge in [-0.2, -0.15) is 0 Å². The van der Waals surface area contributed by atoms with E-state index in [2.05, 4.69) is 168 Å². The number of allylic oxidation sites excluding steroid dienone is 4. The van der Waals surface area contributed by atoms with Crippen LogP contribution in [0.25, 0.3) is 21.1 Å². The first-order valence-electron chi connectivity index (χ1n) is 49.6. The van der Waals surface area contributed by atoms with Crippen LogP contribution in [0.5, 0.6) is 23.0 Å². The van der Waals surface area contributed by atoms with E-state index in [1.54, 1.807) is 61.3 Å². The van der Waals surface area contributed by atoms with E-state index < -0.39 is 24.2 Å². The molecular formula is C112H129N13O15S. The number of hydrogen-bond donors (Lipinski definition) is 6. The monoisotopic (exact) mass is 1930 g/mol. The number of amides is 9. The summed E-state index contributed by atoms with van der Waals surface area (Å²) in [5.41, 5.74) is 15.8. The predicted octanol–water partition coefficient (Wildman–Crippen LogP) is 16.4. The lowest BCUT2D eigenvalue weighted by molar-refractivity contribution is -0.127. The van der Waals surface area contributed by atoms with Crippen molar-refractivity contribution >= 4 is 85.6 Å². The van der Waals surface area contributed by atoms with Crippen LogP contribution in [0.4, 0.5) is 0 Å². The van der Waals surface area contributed by atoms with Gasteiger partial charge in [-0.1, -0.05) is 159 Å². The van der Waals surface area contributed by atoms with Gasteiger partial charge in [0.2, 0.25) is 23.6 Å². The van der Waals surface area contributed by atoms with Gasteiger partial charge >= 0.3 is 0 Å². The molecule has 10 aromatic rings. The summed E-state index contributed by atoms with van der Waals surface area (Å²) >= 11 is 1.75. The van der Waals surface area contributed by atoms with Gasteiger partial charge in [-0.25, -0.2) is 0 Å². The van der Waals surface area contributed by atoms with Gasteiger partial charge in [0, 0.05) is 134 Å². The van der Waals surface area contributed by atoms with E-state index in [1.807, 2.05) is 78.9 Å². The first kappa shape index (κ1) is 100. The molecule has 0 radical (unpaired) electrons. The fourth-order valence-corrected chi connectivity index (χ4v) is 20.4. The molecule has 6 N–H and O–H groups in total. The molecular weight excluding hydrogens is 1800 g/mol. The number of rotatable bonds is 35. The van der Waals surface area contributed by atoms with E-state index in [4.69, 9.17) is 28.1 Å². The number of benzene rings is 8. The van der Waals surface area contributed by atoms with E-state index in [0.29, 0.717) is 178 Å². The molecule has 4 unspecified atom stereocenters. The first-order chi connectivity index (χ1) is 68.5. The molecule has 8 aromatic carbocycles. The zero-order valence-corrected chi connectivity index (χ0v) is 82.3.